The second-order valence-electron chi connectivity index (χ2n) is 4.08. The second kappa shape index (κ2) is 5.27. The number of anilines is 1. The summed E-state index contributed by atoms with van der Waals surface area (Å²) in [7, 11) is 0. The van der Waals surface area contributed by atoms with Crippen LogP contribution in [0.3, 0.4) is 0 Å². The first-order valence-corrected chi connectivity index (χ1v) is 5.85. The molecular weight excluding hydrogens is 202 g/mol. The van der Waals surface area contributed by atoms with Crippen molar-refractivity contribution in [3.8, 4) is 0 Å². The molecule has 0 saturated carbocycles. The fourth-order valence-electron chi connectivity index (χ4n) is 1.90. The van der Waals surface area contributed by atoms with E-state index in [1.165, 1.54) is 0 Å². The molecule has 2 rings (SSSR count). The first kappa shape index (κ1) is 11.4. The summed E-state index contributed by atoms with van der Waals surface area (Å²) < 4.78 is 5.63. The highest BCUT2D eigenvalue weighted by molar-refractivity contribution is 5.39. The molecule has 0 aromatic carbocycles. The molecule has 0 bridgehead atoms. The van der Waals surface area contributed by atoms with Crippen molar-refractivity contribution in [2.75, 3.05) is 24.6 Å². The maximum atomic E-state index is 5.63. The largest absolute Gasteiger partial charge is 0.375 e. The van der Waals surface area contributed by atoms with Crippen LogP contribution in [0.25, 0.3) is 0 Å². The molecule has 88 valence electrons. The summed E-state index contributed by atoms with van der Waals surface area (Å²) in [4.78, 5) is 6.71. The molecular formula is C12H19N3O. The van der Waals surface area contributed by atoms with Crippen molar-refractivity contribution < 1.29 is 4.74 Å². The van der Waals surface area contributed by atoms with E-state index in [9.17, 15) is 0 Å². The van der Waals surface area contributed by atoms with Crippen molar-refractivity contribution in [1.82, 2.24) is 4.98 Å². The van der Waals surface area contributed by atoms with Gasteiger partial charge >= 0.3 is 0 Å². The van der Waals surface area contributed by atoms with Crippen LogP contribution in [0, 0.1) is 0 Å². The van der Waals surface area contributed by atoms with E-state index in [-0.39, 0.29) is 0 Å². The van der Waals surface area contributed by atoms with Gasteiger partial charge in [-0.15, -0.1) is 0 Å². The van der Waals surface area contributed by atoms with E-state index in [4.69, 9.17) is 10.5 Å². The Morgan fingerprint density at radius 3 is 3.06 bits per heavy atom. The maximum absolute atomic E-state index is 5.63. The zero-order valence-electron chi connectivity index (χ0n) is 9.72. The Morgan fingerprint density at radius 2 is 2.44 bits per heavy atom. The Balaban J connectivity index is 2.05. The van der Waals surface area contributed by atoms with Gasteiger partial charge in [0.15, 0.2) is 0 Å². The van der Waals surface area contributed by atoms with Crippen LogP contribution in [0.15, 0.2) is 18.3 Å². The Morgan fingerprint density at radius 1 is 1.56 bits per heavy atom. The zero-order valence-corrected chi connectivity index (χ0v) is 9.72. The molecule has 16 heavy (non-hydrogen) atoms. The first-order valence-electron chi connectivity index (χ1n) is 5.85. The van der Waals surface area contributed by atoms with E-state index < -0.39 is 0 Å². The first-order chi connectivity index (χ1) is 7.83. The van der Waals surface area contributed by atoms with Gasteiger partial charge in [-0.2, -0.15) is 0 Å². The summed E-state index contributed by atoms with van der Waals surface area (Å²) in [6, 6.07) is 4.08. The van der Waals surface area contributed by atoms with Gasteiger partial charge in [0, 0.05) is 25.8 Å². The van der Waals surface area contributed by atoms with E-state index in [1.807, 2.05) is 18.3 Å². The molecule has 2 N–H and O–H groups in total. The standard InChI is InChI=1S/C12H19N3O/c1-2-11-9-15(5-6-16-11)12-4-3-10(7-13)8-14-12/h3-4,8,11H,2,5-7,9,13H2,1H3. The van der Waals surface area contributed by atoms with Gasteiger partial charge in [-0.3, -0.25) is 0 Å². The number of nitrogens with zero attached hydrogens (tertiary/aromatic N) is 2. The van der Waals surface area contributed by atoms with E-state index >= 15 is 0 Å². The fraction of sp³-hybridized carbons (Fsp3) is 0.583. The van der Waals surface area contributed by atoms with Gasteiger partial charge < -0.3 is 15.4 Å². The highest BCUT2D eigenvalue weighted by Gasteiger charge is 2.19. The number of morpholine rings is 1. The molecule has 1 aliphatic rings. The van der Waals surface area contributed by atoms with Crippen LogP contribution in [0.2, 0.25) is 0 Å². The third-order valence-corrected chi connectivity index (χ3v) is 2.96. The van der Waals surface area contributed by atoms with Crippen LogP contribution >= 0.6 is 0 Å². The maximum Gasteiger partial charge on any atom is 0.128 e. The molecule has 1 saturated heterocycles. The van der Waals surface area contributed by atoms with Crippen molar-refractivity contribution in [2.45, 2.75) is 26.0 Å². The third-order valence-electron chi connectivity index (χ3n) is 2.96. The molecule has 4 nitrogen and oxygen atoms in total. The summed E-state index contributed by atoms with van der Waals surface area (Å²) in [5.41, 5.74) is 6.62. The summed E-state index contributed by atoms with van der Waals surface area (Å²) in [6.45, 7) is 5.35. The zero-order chi connectivity index (χ0) is 11.4. The number of hydrogen-bond donors (Lipinski definition) is 1. The number of ether oxygens (including phenoxy) is 1. The lowest BCUT2D eigenvalue weighted by Gasteiger charge is -2.33. The lowest BCUT2D eigenvalue weighted by molar-refractivity contribution is 0.0381. The molecule has 4 heteroatoms. The average Bonchev–Trinajstić information content (AvgIpc) is 2.39. The minimum atomic E-state index is 0.338. The van der Waals surface area contributed by atoms with Crippen molar-refractivity contribution in [3.05, 3.63) is 23.9 Å². The number of rotatable bonds is 3. The van der Waals surface area contributed by atoms with Gasteiger partial charge in [0.25, 0.3) is 0 Å². The lowest BCUT2D eigenvalue weighted by atomic mass is 10.2. The summed E-state index contributed by atoms with van der Waals surface area (Å²) in [6.07, 6.45) is 3.24. The van der Waals surface area contributed by atoms with Crippen LogP contribution in [0.1, 0.15) is 18.9 Å². The normalized spacial score (nSPS) is 21.1. The molecule has 0 amide bonds. The molecule has 1 fully saturated rings. The highest BCUT2D eigenvalue weighted by atomic mass is 16.5. The molecule has 0 spiro atoms. The van der Waals surface area contributed by atoms with Gasteiger partial charge in [0.2, 0.25) is 0 Å². The Kier molecular flexibility index (Phi) is 3.74. The van der Waals surface area contributed by atoms with Crippen molar-refractivity contribution >= 4 is 5.82 Å². The van der Waals surface area contributed by atoms with Gasteiger partial charge in [0.05, 0.1) is 12.7 Å². The topological polar surface area (TPSA) is 51.4 Å². The van der Waals surface area contributed by atoms with Gasteiger partial charge in [-0.1, -0.05) is 13.0 Å². The molecule has 1 unspecified atom stereocenters. The molecule has 1 aromatic rings. The quantitative estimate of drug-likeness (QED) is 0.832. The Labute approximate surface area is 96.4 Å². The van der Waals surface area contributed by atoms with E-state index in [0.717, 1.165) is 37.5 Å². The Hall–Kier alpha value is -1.13. The van der Waals surface area contributed by atoms with Crippen LogP contribution in [-0.4, -0.2) is 30.8 Å². The predicted molar refractivity (Wildman–Crippen MR) is 64.4 cm³/mol. The average molecular weight is 221 g/mol. The molecule has 0 aliphatic carbocycles. The van der Waals surface area contributed by atoms with Crippen LogP contribution < -0.4 is 10.6 Å². The highest BCUT2D eigenvalue weighted by Crippen LogP contribution is 2.16. The van der Waals surface area contributed by atoms with E-state index in [2.05, 4.69) is 16.8 Å². The lowest BCUT2D eigenvalue weighted by Crippen LogP contribution is -2.42. The summed E-state index contributed by atoms with van der Waals surface area (Å²) >= 11 is 0. The van der Waals surface area contributed by atoms with Crippen molar-refractivity contribution in [3.63, 3.8) is 0 Å². The van der Waals surface area contributed by atoms with Crippen LogP contribution in [0.5, 0.6) is 0 Å². The van der Waals surface area contributed by atoms with Crippen molar-refractivity contribution in [2.24, 2.45) is 5.73 Å². The number of nitrogens with two attached hydrogens (primary N) is 1. The summed E-state index contributed by atoms with van der Waals surface area (Å²) in [5, 5.41) is 0. The molecule has 1 aromatic heterocycles. The van der Waals surface area contributed by atoms with Gasteiger partial charge in [-0.05, 0) is 18.1 Å². The van der Waals surface area contributed by atoms with Gasteiger partial charge in [-0.25, -0.2) is 4.98 Å². The number of pyridine rings is 1. The minimum Gasteiger partial charge on any atom is -0.375 e. The SMILES string of the molecule is CCC1CN(c2ccc(CN)cn2)CCO1. The van der Waals surface area contributed by atoms with Crippen molar-refractivity contribution in [1.29, 1.82) is 0 Å². The molecule has 1 atom stereocenters. The predicted octanol–water partition coefficient (Wildman–Crippen LogP) is 1.16. The smallest absolute Gasteiger partial charge is 0.128 e. The molecule has 2 heterocycles. The fourth-order valence-corrected chi connectivity index (χ4v) is 1.90. The van der Waals surface area contributed by atoms with E-state index in [1.54, 1.807) is 0 Å². The van der Waals surface area contributed by atoms with E-state index in [0.29, 0.717) is 12.6 Å². The molecule has 1 aliphatic heterocycles. The third kappa shape index (κ3) is 2.51. The van der Waals surface area contributed by atoms with Crippen LogP contribution in [-0.2, 0) is 11.3 Å². The molecule has 0 radical (unpaired) electrons. The van der Waals surface area contributed by atoms with Gasteiger partial charge in [0.1, 0.15) is 5.82 Å². The number of aromatic nitrogens is 1. The minimum absolute atomic E-state index is 0.338. The number of hydrogen-bond acceptors (Lipinski definition) is 4. The van der Waals surface area contributed by atoms with Crippen LogP contribution in [0.4, 0.5) is 5.82 Å². The Bertz CT molecular complexity index is 326. The second-order valence-corrected chi connectivity index (χ2v) is 4.08. The summed E-state index contributed by atoms with van der Waals surface area (Å²) in [5.74, 6) is 1.03. The monoisotopic (exact) mass is 221 g/mol.